The summed E-state index contributed by atoms with van der Waals surface area (Å²) in [5.41, 5.74) is 4.24. The van der Waals surface area contributed by atoms with E-state index in [-0.39, 0.29) is 11.5 Å². The molecule has 16 heavy (non-hydrogen) atoms. The van der Waals surface area contributed by atoms with Crippen LogP contribution in [-0.2, 0) is 11.8 Å². The third-order valence-corrected chi connectivity index (χ3v) is 4.37. The van der Waals surface area contributed by atoms with Gasteiger partial charge in [-0.3, -0.25) is 0 Å². The second kappa shape index (κ2) is 3.24. The Hall–Kier alpha value is -1.02. The zero-order valence-corrected chi connectivity index (χ0v) is 10.0. The van der Waals surface area contributed by atoms with Gasteiger partial charge in [-0.05, 0) is 43.4 Å². The average Bonchev–Trinajstić information content (AvgIpc) is 3.00. The van der Waals surface area contributed by atoms with Crippen molar-refractivity contribution >= 4 is 5.69 Å². The summed E-state index contributed by atoms with van der Waals surface area (Å²) in [6.45, 7) is 3.05. The van der Waals surface area contributed by atoms with Crippen LogP contribution in [0.2, 0.25) is 0 Å². The molecule has 0 saturated heterocycles. The second-order valence-corrected chi connectivity index (χ2v) is 5.35. The summed E-state index contributed by atoms with van der Waals surface area (Å²) in [5.74, 6) is 0. The molecule has 1 heterocycles. The smallest absolute Gasteiger partial charge is 0.0608 e. The number of fused-ring (bicyclic) bond motifs is 1. The topological polar surface area (TPSA) is 23.5 Å². The normalized spacial score (nSPS) is 23.1. The fourth-order valence-electron chi connectivity index (χ4n) is 2.96. The number of aliphatic hydroxyl groups excluding tert-OH is 1. The molecule has 1 fully saturated rings. The van der Waals surface area contributed by atoms with E-state index in [0.29, 0.717) is 0 Å². The zero-order chi connectivity index (χ0) is 11.3. The van der Waals surface area contributed by atoms with E-state index < -0.39 is 0 Å². The molecule has 0 radical (unpaired) electrons. The molecule has 1 saturated carbocycles. The summed E-state index contributed by atoms with van der Waals surface area (Å²) in [5, 5.41) is 9.89. The Labute approximate surface area is 96.9 Å². The Kier molecular flexibility index (Phi) is 2.05. The highest BCUT2D eigenvalue weighted by molar-refractivity contribution is 5.59. The van der Waals surface area contributed by atoms with Gasteiger partial charge in [-0.25, -0.2) is 0 Å². The lowest BCUT2D eigenvalue weighted by Gasteiger charge is -2.20. The van der Waals surface area contributed by atoms with Crippen molar-refractivity contribution in [1.82, 2.24) is 0 Å². The first kappa shape index (κ1) is 10.2. The van der Waals surface area contributed by atoms with Gasteiger partial charge in [0.05, 0.1) is 6.10 Å². The molecule has 1 N–H and O–H groups in total. The van der Waals surface area contributed by atoms with Gasteiger partial charge in [0.1, 0.15) is 0 Å². The molecule has 1 aliphatic carbocycles. The molecule has 1 aliphatic heterocycles. The number of anilines is 1. The van der Waals surface area contributed by atoms with Crippen molar-refractivity contribution in [1.29, 1.82) is 0 Å². The highest BCUT2D eigenvalue weighted by Crippen LogP contribution is 2.51. The van der Waals surface area contributed by atoms with Gasteiger partial charge in [0.15, 0.2) is 0 Å². The Morgan fingerprint density at radius 1 is 1.38 bits per heavy atom. The fourth-order valence-corrected chi connectivity index (χ4v) is 2.96. The van der Waals surface area contributed by atoms with E-state index in [1.165, 1.54) is 16.8 Å². The molecule has 1 aromatic rings. The van der Waals surface area contributed by atoms with Gasteiger partial charge < -0.3 is 10.0 Å². The lowest BCUT2D eigenvalue weighted by Crippen LogP contribution is -2.22. The molecule has 0 spiro atoms. The van der Waals surface area contributed by atoms with Crippen LogP contribution in [0.1, 0.15) is 30.9 Å². The first-order valence-corrected chi connectivity index (χ1v) is 6.16. The van der Waals surface area contributed by atoms with E-state index in [0.717, 1.165) is 25.8 Å². The van der Waals surface area contributed by atoms with E-state index in [1.807, 2.05) is 6.92 Å². The number of likely N-dealkylation sites (N-methyl/N-ethyl adjacent to an activating group) is 1. The quantitative estimate of drug-likeness (QED) is 0.820. The van der Waals surface area contributed by atoms with Crippen LogP contribution in [0.5, 0.6) is 0 Å². The van der Waals surface area contributed by atoms with Crippen LogP contribution in [0.3, 0.4) is 0 Å². The largest absolute Gasteiger partial charge is 0.392 e. The third kappa shape index (κ3) is 1.29. The molecule has 0 amide bonds. The van der Waals surface area contributed by atoms with Gasteiger partial charge in [0.25, 0.3) is 0 Å². The summed E-state index contributed by atoms with van der Waals surface area (Å²) < 4.78 is 0. The monoisotopic (exact) mass is 217 g/mol. The van der Waals surface area contributed by atoms with Crippen molar-refractivity contribution in [2.24, 2.45) is 0 Å². The van der Waals surface area contributed by atoms with Gasteiger partial charge in [-0.2, -0.15) is 0 Å². The lowest BCUT2D eigenvalue weighted by atomic mass is 9.89. The minimum absolute atomic E-state index is 0.0796. The van der Waals surface area contributed by atoms with Crippen molar-refractivity contribution in [3.8, 4) is 0 Å². The van der Waals surface area contributed by atoms with Crippen molar-refractivity contribution in [3.05, 3.63) is 29.3 Å². The van der Waals surface area contributed by atoms with Crippen LogP contribution in [0.15, 0.2) is 18.2 Å². The van der Waals surface area contributed by atoms with Crippen molar-refractivity contribution < 1.29 is 5.11 Å². The maximum absolute atomic E-state index is 9.89. The Bertz CT molecular complexity index is 421. The first-order chi connectivity index (χ1) is 7.63. The number of rotatable bonds is 2. The standard InChI is InChI=1S/C14H19NO/c1-10(16)14(6-7-14)12-3-4-13-11(9-12)5-8-15(13)2/h3-4,9-10,16H,5-8H2,1-2H3. The summed E-state index contributed by atoms with van der Waals surface area (Å²) >= 11 is 0. The summed E-state index contributed by atoms with van der Waals surface area (Å²) in [6, 6.07) is 6.75. The number of benzene rings is 1. The van der Waals surface area contributed by atoms with Crippen LogP contribution in [0.25, 0.3) is 0 Å². The Morgan fingerprint density at radius 2 is 2.12 bits per heavy atom. The van der Waals surface area contributed by atoms with Crippen LogP contribution in [0, 0.1) is 0 Å². The summed E-state index contributed by atoms with van der Waals surface area (Å²) in [4.78, 5) is 2.31. The van der Waals surface area contributed by atoms with Crippen molar-refractivity contribution in [2.75, 3.05) is 18.5 Å². The molecular weight excluding hydrogens is 198 g/mol. The minimum Gasteiger partial charge on any atom is -0.392 e. The SMILES string of the molecule is CC(O)C1(c2ccc3c(c2)CCN3C)CC1. The highest BCUT2D eigenvalue weighted by Gasteiger charge is 2.48. The van der Waals surface area contributed by atoms with Crippen LogP contribution in [-0.4, -0.2) is 24.8 Å². The third-order valence-electron chi connectivity index (χ3n) is 4.37. The molecule has 1 atom stereocenters. The van der Waals surface area contributed by atoms with Gasteiger partial charge >= 0.3 is 0 Å². The van der Waals surface area contributed by atoms with Crippen LogP contribution >= 0.6 is 0 Å². The van der Waals surface area contributed by atoms with E-state index in [4.69, 9.17) is 0 Å². The zero-order valence-electron chi connectivity index (χ0n) is 10.0. The van der Waals surface area contributed by atoms with E-state index in [9.17, 15) is 5.11 Å². The van der Waals surface area contributed by atoms with Crippen molar-refractivity contribution in [2.45, 2.75) is 37.7 Å². The molecular formula is C14H19NO. The number of hydrogen-bond acceptors (Lipinski definition) is 2. The van der Waals surface area contributed by atoms with Crippen LogP contribution < -0.4 is 4.90 Å². The molecule has 1 unspecified atom stereocenters. The van der Waals surface area contributed by atoms with E-state index in [2.05, 4.69) is 30.1 Å². The minimum atomic E-state index is -0.218. The predicted octanol–water partition coefficient (Wildman–Crippen LogP) is 2.09. The van der Waals surface area contributed by atoms with Gasteiger partial charge in [-0.15, -0.1) is 0 Å². The fraction of sp³-hybridized carbons (Fsp3) is 0.571. The molecule has 0 aromatic heterocycles. The van der Waals surface area contributed by atoms with E-state index >= 15 is 0 Å². The molecule has 86 valence electrons. The van der Waals surface area contributed by atoms with E-state index in [1.54, 1.807) is 0 Å². The Balaban J connectivity index is 2.00. The second-order valence-electron chi connectivity index (χ2n) is 5.35. The Morgan fingerprint density at radius 3 is 2.75 bits per heavy atom. The molecule has 2 nitrogen and oxygen atoms in total. The highest BCUT2D eigenvalue weighted by atomic mass is 16.3. The predicted molar refractivity (Wildman–Crippen MR) is 66.0 cm³/mol. The first-order valence-electron chi connectivity index (χ1n) is 6.16. The molecule has 0 bridgehead atoms. The van der Waals surface area contributed by atoms with Crippen LogP contribution in [0.4, 0.5) is 5.69 Å². The number of aliphatic hydroxyl groups is 1. The van der Waals surface area contributed by atoms with Gasteiger partial charge in [0, 0.05) is 24.7 Å². The van der Waals surface area contributed by atoms with Gasteiger partial charge in [0.2, 0.25) is 0 Å². The molecule has 3 rings (SSSR count). The summed E-state index contributed by atoms with van der Waals surface area (Å²) in [7, 11) is 2.15. The molecule has 2 aliphatic rings. The maximum atomic E-state index is 9.89. The molecule has 1 aromatic carbocycles. The average molecular weight is 217 g/mol. The molecule has 2 heteroatoms. The van der Waals surface area contributed by atoms with Crippen molar-refractivity contribution in [3.63, 3.8) is 0 Å². The van der Waals surface area contributed by atoms with Gasteiger partial charge in [-0.1, -0.05) is 12.1 Å². The number of nitrogens with zero attached hydrogens (tertiary/aromatic N) is 1. The lowest BCUT2D eigenvalue weighted by molar-refractivity contribution is 0.150. The maximum Gasteiger partial charge on any atom is 0.0608 e. The number of hydrogen-bond donors (Lipinski definition) is 1. The summed E-state index contributed by atoms with van der Waals surface area (Å²) in [6.07, 6.45) is 3.21.